The maximum Gasteiger partial charge on any atom is 0.350 e. The fraction of sp³-hybridized carbons (Fsp3) is 0.851. The van der Waals surface area contributed by atoms with Crippen LogP contribution in [-0.2, 0) is 23.9 Å². The van der Waals surface area contributed by atoms with Gasteiger partial charge in [0.2, 0.25) is 0 Å². The van der Waals surface area contributed by atoms with Gasteiger partial charge in [-0.3, -0.25) is 9.59 Å². The highest BCUT2D eigenvalue weighted by molar-refractivity contribution is 6.23. The third-order valence-electron chi connectivity index (χ3n) is 16.4. The summed E-state index contributed by atoms with van der Waals surface area (Å²) in [5.74, 6) is 0.388. The monoisotopic (exact) mass is 796 g/mol. The summed E-state index contributed by atoms with van der Waals surface area (Å²) in [6.45, 7) is 11.7. The van der Waals surface area contributed by atoms with E-state index >= 15 is 9.59 Å². The molecule has 10 nitrogen and oxygen atoms in total. The molecule has 0 radical (unpaired) electrons. The molecule has 11 atom stereocenters. The SMILES string of the molecule is CC[NH2+][C@@H]1C[C@@H]2C=CCC[C@H]2C[C@@H]1COC(=O)[C@]12O[C@@]1(CC(CO)=C(C)CC1(C3CC[NH2+]C(NC[NH2+]C)C3)CCCCC1)C(=O)C1CCCC(CC(C)C)C1C2=O. The van der Waals surface area contributed by atoms with E-state index in [1.807, 2.05) is 0 Å². The zero-order valence-electron chi connectivity index (χ0n) is 36.2. The number of hydrogen-bond acceptors (Lipinski definition) is 7. The summed E-state index contributed by atoms with van der Waals surface area (Å²) in [6, 6.07) is 0.341. The number of nitrogens with two attached hydrogens (primary N) is 3. The van der Waals surface area contributed by atoms with Gasteiger partial charge in [-0.15, -0.1) is 0 Å². The Labute approximate surface area is 343 Å². The smallest absolute Gasteiger partial charge is 0.350 e. The fourth-order valence-corrected chi connectivity index (χ4v) is 13.6. The van der Waals surface area contributed by atoms with E-state index in [-0.39, 0.29) is 48.5 Å². The molecule has 2 saturated heterocycles. The molecule has 0 spiro atoms. The molecule has 57 heavy (non-hydrogen) atoms. The molecule has 320 valence electrons. The third-order valence-corrected chi connectivity index (χ3v) is 16.4. The molecule has 5 unspecified atom stereocenters. The molecular formula is C47H79N4O6+3. The van der Waals surface area contributed by atoms with Crippen LogP contribution in [0.2, 0.25) is 0 Å². The third kappa shape index (κ3) is 8.40. The van der Waals surface area contributed by atoms with Crippen molar-refractivity contribution in [1.29, 1.82) is 0 Å². The van der Waals surface area contributed by atoms with Crippen molar-refractivity contribution in [2.24, 2.45) is 52.8 Å². The van der Waals surface area contributed by atoms with Gasteiger partial charge in [-0.1, -0.05) is 57.3 Å². The van der Waals surface area contributed by atoms with Crippen molar-refractivity contribution >= 4 is 17.5 Å². The van der Waals surface area contributed by atoms with Gasteiger partial charge in [0.1, 0.15) is 12.8 Å². The lowest BCUT2D eigenvalue weighted by Gasteiger charge is -2.47. The molecule has 4 saturated carbocycles. The number of allylic oxidation sites excluding steroid dienone is 3. The van der Waals surface area contributed by atoms with Gasteiger partial charge in [0.05, 0.1) is 39.4 Å². The van der Waals surface area contributed by atoms with E-state index < -0.39 is 29.0 Å². The summed E-state index contributed by atoms with van der Waals surface area (Å²) in [4.78, 5) is 45.0. The van der Waals surface area contributed by atoms with Gasteiger partial charge in [-0.25, -0.2) is 10.1 Å². The maximum atomic E-state index is 15.2. The zero-order valence-corrected chi connectivity index (χ0v) is 36.2. The lowest BCUT2D eigenvalue weighted by atomic mass is 9.56. The Hall–Kier alpha value is -1.95. The second-order valence-corrected chi connectivity index (χ2v) is 20.3. The van der Waals surface area contributed by atoms with Gasteiger partial charge >= 0.3 is 5.97 Å². The van der Waals surface area contributed by atoms with E-state index in [1.165, 1.54) is 44.9 Å². The van der Waals surface area contributed by atoms with Gasteiger partial charge in [-0.05, 0) is 112 Å². The van der Waals surface area contributed by atoms with Crippen LogP contribution < -0.4 is 21.3 Å². The maximum absolute atomic E-state index is 15.2. The van der Waals surface area contributed by atoms with Crippen molar-refractivity contribution in [3.8, 4) is 0 Å². The van der Waals surface area contributed by atoms with E-state index in [0.29, 0.717) is 42.3 Å². The Kier molecular flexibility index (Phi) is 13.9. The average Bonchev–Trinajstić information content (AvgIpc) is 3.92. The van der Waals surface area contributed by atoms with Crippen LogP contribution in [0.15, 0.2) is 23.3 Å². The summed E-state index contributed by atoms with van der Waals surface area (Å²) in [5, 5.41) is 21.9. The van der Waals surface area contributed by atoms with Crippen molar-refractivity contribution in [3.05, 3.63) is 23.3 Å². The van der Waals surface area contributed by atoms with Gasteiger partial charge < -0.3 is 30.5 Å². The normalized spacial score (nSPS) is 39.2. The Morgan fingerprint density at radius 2 is 1.84 bits per heavy atom. The molecular weight excluding hydrogens is 717 g/mol. The molecule has 0 bridgehead atoms. The average molecular weight is 796 g/mol. The van der Waals surface area contributed by atoms with Crippen LogP contribution in [0.4, 0.5) is 0 Å². The number of Topliss-reactive ketones (excluding diaryl/α,β-unsaturated/α-hetero) is 2. The highest BCUT2D eigenvalue weighted by atomic mass is 16.7. The number of rotatable bonds is 16. The number of aliphatic hydroxyl groups is 1. The van der Waals surface area contributed by atoms with E-state index in [4.69, 9.17) is 9.47 Å². The standard InChI is InChI=1S/C47H76N4O6/c1-6-49-39-23-33-14-9-8-13-32(33)22-35(39)28-56-44(55)47-43(54)41-34(21-30(2)3)15-12-16-38(41)42(53)46(47,57-47)26-36(27-52)31(4)25-45(18-10-7-11-19-45)37-17-20-50-40(24-37)51-29-48-5/h9,14,30,32-35,37-41,48-52H,6-8,10-13,15-29H2,1-5H3/p+3/t32-,33-,34?,35+,37?,38?,39+,40?,41?,46-,47-/m0/s1. The Morgan fingerprint density at radius 1 is 1.04 bits per heavy atom. The number of esters is 1. The number of epoxide rings is 1. The summed E-state index contributed by atoms with van der Waals surface area (Å²) >= 11 is 0. The number of aliphatic hydroxyl groups excluding tert-OH is 1. The number of hydrogen-bond donors (Lipinski definition) is 5. The molecule has 8 N–H and O–H groups in total. The van der Waals surface area contributed by atoms with Crippen molar-refractivity contribution < 1.29 is 44.9 Å². The molecule has 10 heteroatoms. The van der Waals surface area contributed by atoms with Gasteiger partial charge in [0, 0.05) is 43.4 Å². The molecule has 7 rings (SSSR count). The first kappa shape index (κ1) is 43.1. The van der Waals surface area contributed by atoms with Crippen molar-refractivity contribution in [2.45, 2.75) is 160 Å². The molecule has 6 fully saturated rings. The summed E-state index contributed by atoms with van der Waals surface area (Å²) in [7, 11) is 2.10. The number of piperidine rings is 1. The molecule has 0 aromatic rings. The van der Waals surface area contributed by atoms with Crippen LogP contribution in [0.25, 0.3) is 0 Å². The highest BCUT2D eigenvalue weighted by Crippen LogP contribution is 2.63. The van der Waals surface area contributed by atoms with Crippen molar-refractivity contribution in [2.75, 3.05) is 40.0 Å². The van der Waals surface area contributed by atoms with Crippen LogP contribution in [-0.4, -0.2) is 86.1 Å². The fourth-order valence-electron chi connectivity index (χ4n) is 13.6. The molecule has 2 aliphatic heterocycles. The minimum absolute atomic E-state index is 0.0484. The highest BCUT2D eigenvalue weighted by Gasteiger charge is 2.87. The van der Waals surface area contributed by atoms with Gasteiger partial charge in [0.15, 0.2) is 17.2 Å². The predicted octanol–water partition coefficient (Wildman–Crippen LogP) is 3.29. The minimum atomic E-state index is -1.93. The van der Waals surface area contributed by atoms with Crippen LogP contribution in [0.3, 0.4) is 0 Å². The van der Waals surface area contributed by atoms with Gasteiger partial charge in [0.25, 0.3) is 5.60 Å². The van der Waals surface area contributed by atoms with Crippen LogP contribution >= 0.6 is 0 Å². The Morgan fingerprint density at radius 3 is 2.58 bits per heavy atom. The van der Waals surface area contributed by atoms with Gasteiger partial charge in [-0.2, -0.15) is 0 Å². The Bertz CT molecular complexity index is 1510. The quantitative estimate of drug-likeness (QED) is 0.0529. The zero-order chi connectivity index (χ0) is 40.4. The summed E-state index contributed by atoms with van der Waals surface area (Å²) < 4.78 is 12.9. The number of quaternary nitrogens is 3. The number of ether oxygens (including phenoxy) is 2. The lowest BCUT2D eigenvalue weighted by Crippen LogP contribution is -2.98. The Balaban J connectivity index is 1.17. The second-order valence-electron chi connectivity index (χ2n) is 20.3. The number of ketones is 2. The van der Waals surface area contributed by atoms with E-state index in [9.17, 15) is 9.90 Å². The minimum Gasteiger partial charge on any atom is -0.463 e. The molecule has 5 aliphatic carbocycles. The second kappa shape index (κ2) is 18.3. The van der Waals surface area contributed by atoms with Crippen LogP contribution in [0, 0.1) is 52.8 Å². The number of fused-ring (bicyclic) bond motifs is 3. The first-order chi connectivity index (χ1) is 27.5. The summed E-state index contributed by atoms with van der Waals surface area (Å²) in [6.07, 6.45) is 22.1. The van der Waals surface area contributed by atoms with Crippen LogP contribution in [0.5, 0.6) is 0 Å². The first-order valence-electron chi connectivity index (χ1n) is 23.6. The summed E-state index contributed by atoms with van der Waals surface area (Å²) in [5.41, 5.74) is -1.53. The number of nitrogens with one attached hydrogen (secondary N) is 1. The van der Waals surface area contributed by atoms with E-state index in [2.05, 4.69) is 68.2 Å². The van der Waals surface area contributed by atoms with Crippen molar-refractivity contribution in [1.82, 2.24) is 5.32 Å². The molecule has 0 aromatic heterocycles. The topological polar surface area (TPSA) is 155 Å². The first-order valence-corrected chi connectivity index (χ1v) is 23.6. The van der Waals surface area contributed by atoms with Crippen LogP contribution in [0.1, 0.15) is 137 Å². The predicted molar refractivity (Wildman–Crippen MR) is 219 cm³/mol. The largest absolute Gasteiger partial charge is 0.463 e. The molecule has 0 aromatic carbocycles. The lowest BCUT2D eigenvalue weighted by molar-refractivity contribution is -0.717. The molecule has 0 amide bonds. The number of carbonyl (C=O) groups is 3. The van der Waals surface area contributed by atoms with E-state index in [1.54, 1.807) is 0 Å². The molecule has 2 heterocycles. The molecule has 7 aliphatic rings. The van der Waals surface area contributed by atoms with Crippen molar-refractivity contribution in [3.63, 3.8) is 0 Å². The van der Waals surface area contributed by atoms with E-state index in [0.717, 1.165) is 82.3 Å². The number of carbonyl (C=O) groups excluding carboxylic acids is 3.